The fraction of sp³-hybridized carbons (Fsp3) is 0.846. The van der Waals surface area contributed by atoms with Crippen LogP contribution in [0.1, 0.15) is 19.8 Å². The molecule has 114 valence electrons. The van der Waals surface area contributed by atoms with Gasteiger partial charge in [-0.1, -0.05) is 6.92 Å². The van der Waals surface area contributed by atoms with Crippen molar-refractivity contribution in [2.45, 2.75) is 25.3 Å². The molecule has 0 atom stereocenters. The third-order valence-corrected chi connectivity index (χ3v) is 4.21. The van der Waals surface area contributed by atoms with Crippen LogP contribution < -0.4 is 5.32 Å². The molecule has 0 unspecified atom stereocenters. The topological polar surface area (TPSA) is 82.1 Å². The quantitative estimate of drug-likeness (QED) is 0.761. The Hall–Kier alpha value is -1.34. The average Bonchev–Trinajstić information content (AvgIpc) is 2.48. The number of carboxylic acid groups (broad SMARTS) is 1. The summed E-state index contributed by atoms with van der Waals surface area (Å²) in [5.74, 6) is -0.971. The number of ether oxygens (including phenoxy) is 1. The van der Waals surface area contributed by atoms with Crippen LogP contribution in [0.3, 0.4) is 0 Å². The molecule has 2 aliphatic heterocycles. The Bertz CT molecular complexity index is 361. The normalized spacial score (nSPS) is 23.4. The van der Waals surface area contributed by atoms with E-state index in [4.69, 9.17) is 4.74 Å². The molecule has 7 heteroatoms. The maximum absolute atomic E-state index is 12.3. The number of carboxylic acids is 1. The molecule has 7 nitrogen and oxygen atoms in total. The van der Waals surface area contributed by atoms with Crippen molar-refractivity contribution in [3.8, 4) is 0 Å². The number of hydrogen-bond acceptors (Lipinski definition) is 4. The zero-order chi connectivity index (χ0) is 14.6. The highest BCUT2D eigenvalue weighted by Crippen LogP contribution is 2.21. The first kappa shape index (κ1) is 15.1. The third-order valence-electron chi connectivity index (χ3n) is 4.21. The lowest BCUT2D eigenvalue weighted by molar-refractivity contribution is -0.148. The van der Waals surface area contributed by atoms with E-state index in [9.17, 15) is 14.7 Å². The lowest BCUT2D eigenvalue weighted by Crippen LogP contribution is -2.62. The van der Waals surface area contributed by atoms with Crippen molar-refractivity contribution in [1.29, 1.82) is 0 Å². The van der Waals surface area contributed by atoms with E-state index in [0.29, 0.717) is 39.1 Å². The number of hydrogen-bond donors (Lipinski definition) is 2. The summed E-state index contributed by atoms with van der Waals surface area (Å²) in [6.07, 6.45) is 0.645. The van der Waals surface area contributed by atoms with Crippen LogP contribution in [0.15, 0.2) is 0 Å². The Balaban J connectivity index is 1.94. The van der Waals surface area contributed by atoms with Gasteiger partial charge in [-0.15, -0.1) is 0 Å². The monoisotopic (exact) mass is 285 g/mol. The predicted octanol–water partition coefficient (Wildman–Crippen LogP) is -0.0327. The first-order chi connectivity index (χ1) is 9.57. The summed E-state index contributed by atoms with van der Waals surface area (Å²) in [5.41, 5.74) is -1.17. The molecule has 2 fully saturated rings. The standard InChI is InChI=1S/C13H23N3O4/c1-2-15-5-7-16(8-6-15)12(19)14-13(11(17)18)3-9-20-10-4-13/h2-10H2,1H3,(H,14,19)(H,17,18). The second kappa shape index (κ2) is 6.41. The number of carbonyl (C=O) groups is 2. The molecule has 0 bridgehead atoms. The molecule has 0 aromatic rings. The van der Waals surface area contributed by atoms with Gasteiger partial charge >= 0.3 is 12.0 Å². The van der Waals surface area contributed by atoms with E-state index in [-0.39, 0.29) is 6.03 Å². The fourth-order valence-corrected chi connectivity index (χ4v) is 2.66. The van der Waals surface area contributed by atoms with Crippen LogP contribution in [0.25, 0.3) is 0 Å². The molecular weight excluding hydrogens is 262 g/mol. The van der Waals surface area contributed by atoms with Crippen molar-refractivity contribution in [2.75, 3.05) is 45.9 Å². The number of nitrogens with one attached hydrogen (secondary N) is 1. The number of amides is 2. The van der Waals surface area contributed by atoms with E-state index in [1.54, 1.807) is 4.90 Å². The zero-order valence-electron chi connectivity index (χ0n) is 11.9. The average molecular weight is 285 g/mol. The molecule has 2 heterocycles. The summed E-state index contributed by atoms with van der Waals surface area (Å²) in [5, 5.41) is 12.1. The molecule has 2 N–H and O–H groups in total. The van der Waals surface area contributed by atoms with Crippen LogP contribution in [-0.2, 0) is 9.53 Å². The summed E-state index contributed by atoms with van der Waals surface area (Å²) in [7, 11) is 0. The lowest BCUT2D eigenvalue weighted by Gasteiger charge is -2.38. The first-order valence-electron chi connectivity index (χ1n) is 7.18. The lowest BCUT2D eigenvalue weighted by atomic mass is 9.90. The van der Waals surface area contributed by atoms with Crippen molar-refractivity contribution in [2.24, 2.45) is 0 Å². The number of aliphatic carboxylic acids is 1. The van der Waals surface area contributed by atoms with Gasteiger partial charge in [-0.05, 0) is 6.54 Å². The van der Waals surface area contributed by atoms with Gasteiger partial charge in [0.2, 0.25) is 0 Å². The van der Waals surface area contributed by atoms with Crippen LogP contribution in [0.5, 0.6) is 0 Å². The highest BCUT2D eigenvalue weighted by molar-refractivity contribution is 5.86. The number of carbonyl (C=O) groups excluding carboxylic acids is 1. The molecule has 0 saturated carbocycles. The number of likely N-dealkylation sites (N-methyl/N-ethyl adjacent to an activating group) is 1. The maximum Gasteiger partial charge on any atom is 0.329 e. The summed E-state index contributed by atoms with van der Waals surface area (Å²) in [6.45, 7) is 6.79. The van der Waals surface area contributed by atoms with Crippen LogP contribution >= 0.6 is 0 Å². The van der Waals surface area contributed by atoms with Crippen LogP contribution in [-0.4, -0.2) is 78.4 Å². The van der Waals surface area contributed by atoms with Gasteiger partial charge in [-0.2, -0.15) is 0 Å². The van der Waals surface area contributed by atoms with E-state index in [1.165, 1.54) is 0 Å². The minimum atomic E-state index is -1.17. The van der Waals surface area contributed by atoms with Crippen LogP contribution in [0.2, 0.25) is 0 Å². The number of nitrogens with zero attached hydrogens (tertiary/aromatic N) is 2. The summed E-state index contributed by atoms with van der Waals surface area (Å²) in [6, 6.07) is -0.273. The molecular formula is C13H23N3O4. The van der Waals surface area contributed by atoms with E-state index in [1.807, 2.05) is 0 Å². The minimum absolute atomic E-state index is 0.273. The van der Waals surface area contributed by atoms with Crippen molar-refractivity contribution >= 4 is 12.0 Å². The van der Waals surface area contributed by atoms with Gasteiger partial charge < -0.3 is 25.0 Å². The second-order valence-electron chi connectivity index (χ2n) is 5.35. The molecule has 2 rings (SSSR count). The van der Waals surface area contributed by atoms with Crippen LogP contribution in [0.4, 0.5) is 4.79 Å². The van der Waals surface area contributed by atoms with Gasteiger partial charge in [0.15, 0.2) is 0 Å². The maximum atomic E-state index is 12.3. The summed E-state index contributed by atoms with van der Waals surface area (Å²) >= 11 is 0. The molecule has 0 spiro atoms. The van der Waals surface area contributed by atoms with E-state index < -0.39 is 11.5 Å². The molecule has 2 amide bonds. The molecule has 2 saturated heterocycles. The molecule has 0 radical (unpaired) electrons. The highest BCUT2D eigenvalue weighted by Gasteiger charge is 2.42. The Labute approximate surface area is 118 Å². The smallest absolute Gasteiger partial charge is 0.329 e. The molecule has 0 aliphatic carbocycles. The molecule has 2 aliphatic rings. The number of urea groups is 1. The number of piperazine rings is 1. The summed E-state index contributed by atoms with van der Waals surface area (Å²) in [4.78, 5) is 27.7. The Morgan fingerprint density at radius 1 is 1.20 bits per heavy atom. The number of rotatable bonds is 3. The third kappa shape index (κ3) is 3.21. The van der Waals surface area contributed by atoms with Crippen LogP contribution in [0, 0.1) is 0 Å². The fourth-order valence-electron chi connectivity index (χ4n) is 2.66. The minimum Gasteiger partial charge on any atom is -0.480 e. The van der Waals surface area contributed by atoms with Crippen molar-refractivity contribution in [1.82, 2.24) is 15.1 Å². The van der Waals surface area contributed by atoms with Gasteiger partial charge in [-0.25, -0.2) is 9.59 Å². The van der Waals surface area contributed by atoms with E-state index >= 15 is 0 Å². The Kier molecular flexibility index (Phi) is 4.82. The molecule has 20 heavy (non-hydrogen) atoms. The second-order valence-corrected chi connectivity index (χ2v) is 5.35. The van der Waals surface area contributed by atoms with E-state index in [2.05, 4.69) is 17.1 Å². The van der Waals surface area contributed by atoms with Crippen molar-refractivity contribution in [3.05, 3.63) is 0 Å². The van der Waals surface area contributed by atoms with Gasteiger partial charge in [0.1, 0.15) is 5.54 Å². The Morgan fingerprint density at radius 3 is 2.30 bits per heavy atom. The SMILES string of the molecule is CCN1CCN(C(=O)NC2(C(=O)O)CCOCC2)CC1. The zero-order valence-corrected chi connectivity index (χ0v) is 11.9. The molecule has 0 aromatic carbocycles. The van der Waals surface area contributed by atoms with Gasteiger partial charge in [0, 0.05) is 52.2 Å². The molecule has 0 aromatic heterocycles. The van der Waals surface area contributed by atoms with Gasteiger partial charge in [0.25, 0.3) is 0 Å². The largest absolute Gasteiger partial charge is 0.480 e. The Morgan fingerprint density at radius 2 is 1.80 bits per heavy atom. The predicted molar refractivity (Wildman–Crippen MR) is 72.6 cm³/mol. The first-order valence-corrected chi connectivity index (χ1v) is 7.18. The van der Waals surface area contributed by atoms with E-state index in [0.717, 1.165) is 19.6 Å². The van der Waals surface area contributed by atoms with Gasteiger partial charge in [-0.3, -0.25) is 0 Å². The van der Waals surface area contributed by atoms with Gasteiger partial charge in [0.05, 0.1) is 0 Å². The van der Waals surface area contributed by atoms with Crippen molar-refractivity contribution in [3.63, 3.8) is 0 Å². The summed E-state index contributed by atoms with van der Waals surface area (Å²) < 4.78 is 5.20. The van der Waals surface area contributed by atoms with Crippen molar-refractivity contribution < 1.29 is 19.4 Å². The highest BCUT2D eigenvalue weighted by atomic mass is 16.5.